The second kappa shape index (κ2) is 3.21. The molecule has 0 saturated carbocycles. The molecule has 4 heteroatoms. The van der Waals surface area contributed by atoms with E-state index in [0.29, 0.717) is 0 Å². The first-order chi connectivity index (χ1) is 5.61. The number of hydrogen-bond acceptors (Lipinski definition) is 3. The number of aliphatic carboxylic acids is 1. The normalized spacial score (nSPS) is 21.1. The zero-order valence-electron chi connectivity index (χ0n) is 6.57. The van der Waals surface area contributed by atoms with Crippen LogP contribution in [0.2, 0.25) is 0 Å². The molecule has 0 fully saturated rings. The van der Waals surface area contributed by atoms with Gasteiger partial charge in [0.2, 0.25) is 0 Å². The quantitative estimate of drug-likeness (QED) is 0.610. The molecule has 1 aliphatic heterocycles. The van der Waals surface area contributed by atoms with Gasteiger partial charge in [-0.05, 0) is 13.0 Å². The van der Waals surface area contributed by atoms with Gasteiger partial charge in [-0.2, -0.15) is 0 Å². The minimum absolute atomic E-state index is 0.0352. The Hall–Kier alpha value is -1.58. The van der Waals surface area contributed by atoms with Crippen LogP contribution in [0.15, 0.2) is 23.9 Å². The Labute approximate surface area is 69.6 Å². The van der Waals surface area contributed by atoms with Crippen molar-refractivity contribution >= 4 is 11.8 Å². The van der Waals surface area contributed by atoms with E-state index in [1.165, 1.54) is 25.3 Å². The van der Waals surface area contributed by atoms with Crippen molar-refractivity contribution < 1.29 is 14.7 Å². The molecule has 0 saturated heterocycles. The van der Waals surface area contributed by atoms with Gasteiger partial charge in [-0.1, -0.05) is 6.08 Å². The van der Waals surface area contributed by atoms with E-state index in [1.807, 2.05) is 0 Å². The summed E-state index contributed by atoms with van der Waals surface area (Å²) in [5, 5.41) is 11.2. The molecule has 0 amide bonds. The van der Waals surface area contributed by atoms with Crippen LogP contribution < -0.4 is 5.32 Å². The molecule has 1 aliphatic rings. The maximum atomic E-state index is 10.8. The topological polar surface area (TPSA) is 66.4 Å². The van der Waals surface area contributed by atoms with Gasteiger partial charge in [0.25, 0.3) is 0 Å². The molecule has 1 rings (SSSR count). The third-order valence-corrected chi connectivity index (χ3v) is 1.57. The zero-order chi connectivity index (χ0) is 9.14. The number of carboxylic acid groups (broad SMARTS) is 1. The fraction of sp³-hybridized carbons (Fsp3) is 0.250. The second-order valence-electron chi connectivity index (χ2n) is 2.52. The number of nitrogens with one attached hydrogen (secondary N) is 1. The highest BCUT2D eigenvalue weighted by atomic mass is 16.4. The minimum Gasteiger partial charge on any atom is -0.478 e. The van der Waals surface area contributed by atoms with Gasteiger partial charge in [0.15, 0.2) is 5.78 Å². The summed E-state index contributed by atoms with van der Waals surface area (Å²) in [6.07, 6.45) is 4.28. The van der Waals surface area contributed by atoms with Crippen LogP contribution in [0.25, 0.3) is 0 Å². The molecule has 1 heterocycles. The first-order valence-electron chi connectivity index (χ1n) is 3.49. The summed E-state index contributed by atoms with van der Waals surface area (Å²) >= 11 is 0. The van der Waals surface area contributed by atoms with Gasteiger partial charge < -0.3 is 10.4 Å². The summed E-state index contributed by atoms with van der Waals surface area (Å²) in [7, 11) is 0. The third-order valence-electron chi connectivity index (χ3n) is 1.57. The molecule has 0 aromatic rings. The lowest BCUT2D eigenvalue weighted by atomic mass is 10.1. The van der Waals surface area contributed by atoms with Crippen LogP contribution in [0.4, 0.5) is 0 Å². The molecule has 0 spiro atoms. The molecule has 12 heavy (non-hydrogen) atoms. The van der Waals surface area contributed by atoms with Gasteiger partial charge in [0.05, 0.1) is 5.57 Å². The standard InChI is InChI=1S/C8H9NO3/c1-5(10)7-3-2-6(4-9-7)8(11)12/h2-4,7,9H,1H3,(H,11,12). The van der Waals surface area contributed by atoms with E-state index in [9.17, 15) is 9.59 Å². The van der Waals surface area contributed by atoms with E-state index in [4.69, 9.17) is 5.11 Å². The van der Waals surface area contributed by atoms with Crippen LogP contribution in [0.1, 0.15) is 6.92 Å². The first-order valence-corrected chi connectivity index (χ1v) is 3.49. The molecule has 1 unspecified atom stereocenters. The number of carboxylic acids is 1. The van der Waals surface area contributed by atoms with E-state index in [-0.39, 0.29) is 17.4 Å². The smallest absolute Gasteiger partial charge is 0.337 e. The Kier molecular flexibility index (Phi) is 2.28. The number of dihydropyridines is 1. The first kappa shape index (κ1) is 8.52. The van der Waals surface area contributed by atoms with E-state index >= 15 is 0 Å². The van der Waals surface area contributed by atoms with Crippen LogP contribution in [-0.4, -0.2) is 22.9 Å². The number of Topliss-reactive ketones (excluding diaryl/α,β-unsaturated/α-hetero) is 1. The molecule has 1 atom stereocenters. The number of ketones is 1. The largest absolute Gasteiger partial charge is 0.478 e. The summed E-state index contributed by atoms with van der Waals surface area (Å²) in [6.45, 7) is 1.45. The average Bonchev–Trinajstić information content (AvgIpc) is 2.04. The predicted molar refractivity (Wildman–Crippen MR) is 42.5 cm³/mol. The van der Waals surface area contributed by atoms with Crippen molar-refractivity contribution in [1.29, 1.82) is 0 Å². The lowest BCUT2D eigenvalue weighted by Gasteiger charge is -2.13. The van der Waals surface area contributed by atoms with Gasteiger partial charge in [-0.15, -0.1) is 0 Å². The molecular weight excluding hydrogens is 158 g/mol. The Bertz CT molecular complexity index is 278. The summed E-state index contributed by atoms with van der Waals surface area (Å²) in [5.74, 6) is -1.03. The van der Waals surface area contributed by atoms with Crippen molar-refractivity contribution in [1.82, 2.24) is 5.32 Å². The van der Waals surface area contributed by atoms with Gasteiger partial charge in [0.1, 0.15) is 6.04 Å². The number of hydrogen-bond donors (Lipinski definition) is 2. The van der Waals surface area contributed by atoms with Crippen molar-refractivity contribution in [2.75, 3.05) is 0 Å². The molecule has 0 aliphatic carbocycles. The monoisotopic (exact) mass is 167 g/mol. The highest BCUT2D eigenvalue weighted by molar-refractivity contribution is 5.91. The number of carbonyl (C=O) groups excluding carboxylic acids is 1. The summed E-state index contributed by atoms with van der Waals surface area (Å²) < 4.78 is 0. The van der Waals surface area contributed by atoms with Gasteiger partial charge >= 0.3 is 5.97 Å². The van der Waals surface area contributed by atoms with E-state index in [1.54, 1.807) is 0 Å². The predicted octanol–water partition coefficient (Wildman–Crippen LogP) is 0.0719. The molecule has 64 valence electrons. The Morgan fingerprint density at radius 3 is 2.58 bits per heavy atom. The summed E-state index contributed by atoms with van der Waals surface area (Å²) in [5.41, 5.74) is 0.160. The van der Waals surface area contributed by atoms with Crippen molar-refractivity contribution in [3.8, 4) is 0 Å². The fourth-order valence-electron chi connectivity index (χ4n) is 0.869. The molecular formula is C8H9NO3. The Balaban J connectivity index is 2.68. The highest BCUT2D eigenvalue weighted by Crippen LogP contribution is 2.04. The molecule has 0 aromatic carbocycles. The van der Waals surface area contributed by atoms with Crippen LogP contribution in [-0.2, 0) is 9.59 Å². The minimum atomic E-state index is -0.999. The van der Waals surface area contributed by atoms with Crippen LogP contribution in [0.5, 0.6) is 0 Å². The van der Waals surface area contributed by atoms with E-state index in [2.05, 4.69) is 5.32 Å². The highest BCUT2D eigenvalue weighted by Gasteiger charge is 2.14. The summed E-state index contributed by atoms with van der Waals surface area (Å²) in [6, 6.07) is -0.381. The van der Waals surface area contributed by atoms with Crippen molar-refractivity contribution in [2.45, 2.75) is 13.0 Å². The zero-order valence-corrected chi connectivity index (χ0v) is 6.57. The molecule has 4 nitrogen and oxygen atoms in total. The summed E-state index contributed by atoms with van der Waals surface area (Å²) in [4.78, 5) is 21.2. The third kappa shape index (κ3) is 1.72. The maximum Gasteiger partial charge on any atom is 0.337 e. The van der Waals surface area contributed by atoms with Crippen LogP contribution in [0.3, 0.4) is 0 Å². The van der Waals surface area contributed by atoms with E-state index in [0.717, 1.165) is 0 Å². The Morgan fingerprint density at radius 1 is 1.58 bits per heavy atom. The van der Waals surface area contributed by atoms with Gasteiger partial charge in [-0.25, -0.2) is 4.79 Å². The van der Waals surface area contributed by atoms with Gasteiger partial charge in [-0.3, -0.25) is 4.79 Å². The Morgan fingerprint density at radius 2 is 2.25 bits per heavy atom. The number of carbonyl (C=O) groups is 2. The molecule has 0 aromatic heterocycles. The number of rotatable bonds is 2. The lowest BCUT2D eigenvalue weighted by molar-refractivity contribution is -0.132. The van der Waals surface area contributed by atoms with Crippen molar-refractivity contribution in [3.63, 3.8) is 0 Å². The molecule has 0 radical (unpaired) electrons. The van der Waals surface area contributed by atoms with E-state index < -0.39 is 5.97 Å². The van der Waals surface area contributed by atoms with Crippen LogP contribution >= 0.6 is 0 Å². The molecule has 2 N–H and O–H groups in total. The van der Waals surface area contributed by atoms with Crippen LogP contribution in [0, 0.1) is 0 Å². The van der Waals surface area contributed by atoms with Crippen molar-refractivity contribution in [2.24, 2.45) is 0 Å². The lowest BCUT2D eigenvalue weighted by Crippen LogP contribution is -2.32. The van der Waals surface area contributed by atoms with Crippen molar-refractivity contribution in [3.05, 3.63) is 23.9 Å². The average molecular weight is 167 g/mol. The fourth-order valence-corrected chi connectivity index (χ4v) is 0.869. The SMILES string of the molecule is CC(=O)C1C=CC(C(=O)O)=CN1. The maximum absolute atomic E-state index is 10.8. The molecule has 0 bridgehead atoms. The second-order valence-corrected chi connectivity index (χ2v) is 2.52. The van der Waals surface area contributed by atoms with Gasteiger partial charge in [0, 0.05) is 6.20 Å².